The second kappa shape index (κ2) is 13.0. The predicted octanol–water partition coefficient (Wildman–Crippen LogP) is 13.2. The van der Waals surface area contributed by atoms with E-state index in [9.17, 15) is 0 Å². The normalized spacial score (nSPS) is 11.6. The number of rotatable bonds is 6. The van der Waals surface area contributed by atoms with Crippen molar-refractivity contribution in [3.05, 3.63) is 194 Å². The van der Waals surface area contributed by atoms with Crippen molar-refractivity contribution in [3.8, 4) is 62.1 Å². The smallest absolute Gasteiger partial charge is 0.164 e. The molecule has 0 saturated heterocycles. The predicted molar refractivity (Wildman–Crippen MR) is 229 cm³/mol. The van der Waals surface area contributed by atoms with E-state index >= 15 is 0 Å². The van der Waals surface area contributed by atoms with Gasteiger partial charge in [-0.3, -0.25) is 0 Å². The molecule has 0 bridgehead atoms. The first-order valence-corrected chi connectivity index (χ1v) is 18.8. The van der Waals surface area contributed by atoms with Crippen LogP contribution in [0.4, 0.5) is 0 Å². The summed E-state index contributed by atoms with van der Waals surface area (Å²) in [6.45, 7) is 0. The molecule has 0 radical (unpaired) electrons. The molecular weight excluding hydrogens is 685 g/mol. The van der Waals surface area contributed by atoms with E-state index in [4.69, 9.17) is 19.4 Å². The van der Waals surface area contributed by atoms with Crippen LogP contribution in [0.5, 0.6) is 0 Å². The van der Waals surface area contributed by atoms with E-state index in [1.807, 2.05) is 66.7 Å². The topological polar surface area (TPSA) is 56.7 Å². The molecule has 5 heteroatoms. The van der Waals surface area contributed by atoms with Gasteiger partial charge in [-0.25, -0.2) is 15.0 Å². The van der Waals surface area contributed by atoms with Gasteiger partial charge in [0, 0.05) is 38.5 Å². The zero-order chi connectivity index (χ0) is 37.0. The van der Waals surface area contributed by atoms with Gasteiger partial charge < -0.3 is 8.98 Å². The average molecular weight is 717 g/mol. The minimum absolute atomic E-state index is 0.602. The molecule has 0 spiro atoms. The minimum atomic E-state index is 0.602. The second-order valence-electron chi connectivity index (χ2n) is 14.0. The molecule has 0 aliphatic rings. The fourth-order valence-electron chi connectivity index (χ4n) is 8.03. The lowest BCUT2D eigenvalue weighted by atomic mass is 9.93. The monoisotopic (exact) mass is 716 g/mol. The average Bonchev–Trinajstić information content (AvgIpc) is 3.83. The van der Waals surface area contributed by atoms with Crippen LogP contribution in [0.25, 0.3) is 106 Å². The largest absolute Gasteiger partial charge is 0.455 e. The second-order valence-corrected chi connectivity index (χ2v) is 14.0. The molecule has 56 heavy (non-hydrogen) atoms. The lowest BCUT2D eigenvalue weighted by Gasteiger charge is -2.14. The summed E-state index contributed by atoms with van der Waals surface area (Å²) in [6.07, 6.45) is 0. The summed E-state index contributed by atoms with van der Waals surface area (Å²) in [6, 6.07) is 67.3. The van der Waals surface area contributed by atoms with Crippen LogP contribution in [0.3, 0.4) is 0 Å². The van der Waals surface area contributed by atoms with Crippen molar-refractivity contribution in [1.82, 2.24) is 19.5 Å². The zero-order valence-corrected chi connectivity index (χ0v) is 30.2. The van der Waals surface area contributed by atoms with Crippen molar-refractivity contribution in [2.75, 3.05) is 0 Å². The van der Waals surface area contributed by atoms with Crippen molar-refractivity contribution in [1.29, 1.82) is 0 Å². The van der Waals surface area contributed by atoms with Gasteiger partial charge in [-0.2, -0.15) is 0 Å². The zero-order valence-electron chi connectivity index (χ0n) is 30.2. The maximum absolute atomic E-state index is 6.92. The van der Waals surface area contributed by atoms with Gasteiger partial charge in [-0.05, 0) is 70.8 Å². The summed E-state index contributed by atoms with van der Waals surface area (Å²) in [5.41, 5.74) is 12.1. The molecule has 11 aromatic rings. The first kappa shape index (κ1) is 31.9. The van der Waals surface area contributed by atoms with Crippen molar-refractivity contribution < 1.29 is 4.42 Å². The SMILES string of the molecule is c1ccc(-c2ccc(-c3ccc4c(c3)oc3c4ccc4c3c3ccccc3n4-c3ccccc3)c(-c3nc(-c4ccccc4)nc(-c4ccccc4)n3)c2)cc1. The third-order valence-corrected chi connectivity index (χ3v) is 10.7. The third-order valence-electron chi connectivity index (χ3n) is 10.7. The summed E-state index contributed by atoms with van der Waals surface area (Å²) in [5.74, 6) is 1.85. The van der Waals surface area contributed by atoms with Crippen LogP contribution in [0.15, 0.2) is 199 Å². The van der Waals surface area contributed by atoms with E-state index in [0.29, 0.717) is 17.5 Å². The summed E-state index contributed by atoms with van der Waals surface area (Å²) in [4.78, 5) is 15.3. The van der Waals surface area contributed by atoms with Crippen molar-refractivity contribution in [2.24, 2.45) is 0 Å². The molecular formula is C51H32N4O. The van der Waals surface area contributed by atoms with Gasteiger partial charge in [0.15, 0.2) is 17.5 Å². The third kappa shape index (κ3) is 5.29. The first-order valence-electron chi connectivity index (χ1n) is 18.8. The molecule has 8 aromatic carbocycles. The van der Waals surface area contributed by atoms with Gasteiger partial charge in [0.05, 0.1) is 16.4 Å². The van der Waals surface area contributed by atoms with Crippen LogP contribution in [0.1, 0.15) is 0 Å². The number of fused-ring (bicyclic) bond motifs is 7. The number of para-hydroxylation sites is 2. The van der Waals surface area contributed by atoms with E-state index in [1.54, 1.807) is 0 Å². The molecule has 0 aliphatic carbocycles. The summed E-state index contributed by atoms with van der Waals surface area (Å²) >= 11 is 0. The fourth-order valence-corrected chi connectivity index (χ4v) is 8.03. The molecule has 0 unspecified atom stereocenters. The van der Waals surface area contributed by atoms with Gasteiger partial charge >= 0.3 is 0 Å². The highest BCUT2D eigenvalue weighted by molar-refractivity contribution is 6.24. The Hall–Kier alpha value is -7.63. The molecule has 3 aromatic heterocycles. The molecule has 0 fully saturated rings. The lowest BCUT2D eigenvalue weighted by Crippen LogP contribution is -2.01. The summed E-state index contributed by atoms with van der Waals surface area (Å²) in [5, 5.41) is 4.43. The standard InChI is InChI=1S/C51H32N4O/c1-5-15-33(16-6-1)36-25-27-39(43(31-36)51-53-49(34-17-7-2-8-18-34)52-50(54-51)35-19-9-3-10-20-35)37-26-28-40-41-29-30-45-47(48(41)56-46(40)32-37)42-23-13-14-24-44(42)55(45)38-21-11-4-12-22-38/h1-32H. The molecule has 5 nitrogen and oxygen atoms in total. The Morgan fingerprint density at radius 1 is 0.357 bits per heavy atom. The van der Waals surface area contributed by atoms with Crippen LogP contribution < -0.4 is 0 Å². The Morgan fingerprint density at radius 3 is 1.62 bits per heavy atom. The maximum Gasteiger partial charge on any atom is 0.164 e. The van der Waals surface area contributed by atoms with Gasteiger partial charge in [0.1, 0.15) is 11.2 Å². The highest BCUT2D eigenvalue weighted by atomic mass is 16.3. The van der Waals surface area contributed by atoms with Gasteiger partial charge in [-0.15, -0.1) is 0 Å². The van der Waals surface area contributed by atoms with E-state index in [-0.39, 0.29) is 0 Å². The summed E-state index contributed by atoms with van der Waals surface area (Å²) in [7, 11) is 0. The molecule has 0 atom stereocenters. The van der Waals surface area contributed by atoms with Crippen LogP contribution in [-0.2, 0) is 0 Å². The highest BCUT2D eigenvalue weighted by Gasteiger charge is 2.21. The highest BCUT2D eigenvalue weighted by Crippen LogP contribution is 2.43. The Labute approximate surface area is 322 Å². The fraction of sp³-hybridized carbons (Fsp3) is 0. The van der Waals surface area contributed by atoms with Crippen LogP contribution in [0, 0.1) is 0 Å². The van der Waals surface area contributed by atoms with Crippen molar-refractivity contribution in [3.63, 3.8) is 0 Å². The van der Waals surface area contributed by atoms with Crippen molar-refractivity contribution >= 4 is 43.7 Å². The number of furan rings is 1. The first-order chi connectivity index (χ1) is 27.8. The van der Waals surface area contributed by atoms with Gasteiger partial charge in [0.2, 0.25) is 0 Å². The Bertz CT molecular complexity index is 3170. The quantitative estimate of drug-likeness (QED) is 0.172. The van der Waals surface area contributed by atoms with Gasteiger partial charge in [0.25, 0.3) is 0 Å². The Morgan fingerprint density at radius 2 is 0.929 bits per heavy atom. The minimum Gasteiger partial charge on any atom is -0.455 e. The number of nitrogens with zero attached hydrogens (tertiary/aromatic N) is 4. The Balaban J connectivity index is 1.14. The van der Waals surface area contributed by atoms with E-state index in [0.717, 1.165) is 88.4 Å². The molecule has 0 saturated carbocycles. The summed E-state index contributed by atoms with van der Waals surface area (Å²) < 4.78 is 9.25. The van der Waals surface area contributed by atoms with E-state index < -0.39 is 0 Å². The van der Waals surface area contributed by atoms with Crippen LogP contribution in [0.2, 0.25) is 0 Å². The molecule has 0 aliphatic heterocycles. The van der Waals surface area contributed by atoms with E-state index in [1.165, 1.54) is 0 Å². The lowest BCUT2D eigenvalue weighted by molar-refractivity contribution is 0.673. The molecule has 0 N–H and O–H groups in total. The number of hydrogen-bond acceptors (Lipinski definition) is 4. The Kier molecular flexibility index (Phi) is 7.42. The number of hydrogen-bond donors (Lipinski definition) is 0. The molecule has 0 amide bonds. The van der Waals surface area contributed by atoms with E-state index in [2.05, 4.69) is 132 Å². The molecule has 3 heterocycles. The number of aromatic nitrogens is 4. The van der Waals surface area contributed by atoms with Crippen molar-refractivity contribution in [2.45, 2.75) is 0 Å². The van der Waals surface area contributed by atoms with Crippen LogP contribution in [-0.4, -0.2) is 19.5 Å². The molecule has 262 valence electrons. The van der Waals surface area contributed by atoms with Gasteiger partial charge in [-0.1, -0.05) is 146 Å². The number of benzene rings is 8. The maximum atomic E-state index is 6.92. The van der Waals surface area contributed by atoms with Crippen LogP contribution >= 0.6 is 0 Å². The molecule has 11 rings (SSSR count).